The van der Waals surface area contributed by atoms with Crippen molar-refractivity contribution in [3.63, 3.8) is 0 Å². The summed E-state index contributed by atoms with van der Waals surface area (Å²) in [7, 11) is 0.317. The summed E-state index contributed by atoms with van der Waals surface area (Å²) in [5.41, 5.74) is 3.99. The number of rotatable bonds is 8. The molecule has 0 aromatic heterocycles. The lowest BCUT2D eigenvalue weighted by atomic mass is 10.00. The van der Waals surface area contributed by atoms with Crippen LogP contribution >= 0.6 is 0 Å². The number of nitrogens with one attached hydrogen (secondary N) is 2. The molecular formula is C26H27FN4O3S. The third-order valence-electron chi connectivity index (χ3n) is 5.61. The first kappa shape index (κ1) is 24.4. The molecule has 0 unspecified atom stereocenters. The zero-order valence-corrected chi connectivity index (χ0v) is 20.6. The first-order valence-electron chi connectivity index (χ1n) is 11.0. The zero-order chi connectivity index (χ0) is 25.2. The van der Waals surface area contributed by atoms with Gasteiger partial charge in [0, 0.05) is 24.3 Å². The Kier molecular flexibility index (Phi) is 6.90. The van der Waals surface area contributed by atoms with E-state index in [0.717, 1.165) is 5.56 Å². The lowest BCUT2D eigenvalue weighted by Crippen LogP contribution is -2.35. The van der Waals surface area contributed by atoms with Crippen molar-refractivity contribution in [2.75, 3.05) is 48.4 Å². The molecule has 1 aliphatic heterocycles. The van der Waals surface area contributed by atoms with Gasteiger partial charge in [-0.05, 0) is 62.1 Å². The molecule has 1 heterocycles. The van der Waals surface area contributed by atoms with Crippen LogP contribution in [0.25, 0.3) is 11.3 Å². The average molecular weight is 495 g/mol. The molecule has 1 amide bonds. The molecule has 2 N–H and O–H groups in total. The molecule has 0 atom stereocenters. The van der Waals surface area contributed by atoms with E-state index in [9.17, 15) is 17.6 Å². The molecular weight excluding hydrogens is 467 g/mol. The molecule has 9 heteroatoms. The van der Waals surface area contributed by atoms with Gasteiger partial charge in [0.05, 0.1) is 28.9 Å². The standard InChI is InChI=1S/C26H27FN4O3S/c1-30(2)15-16-31(35(3,33)34)21-12-10-20(11-13-21)28-25(18-7-5-4-6-8-18)24-22-14-9-19(27)17-23(22)29-26(24)32/h4-14,17,28H,15-16H2,1-3H3,(H,29,32). The number of hydrogen-bond donors (Lipinski definition) is 2. The van der Waals surface area contributed by atoms with Crippen molar-refractivity contribution in [1.29, 1.82) is 0 Å². The van der Waals surface area contributed by atoms with Crippen LogP contribution in [0.5, 0.6) is 0 Å². The van der Waals surface area contributed by atoms with Crippen molar-refractivity contribution in [2.45, 2.75) is 0 Å². The van der Waals surface area contributed by atoms with E-state index in [1.54, 1.807) is 30.3 Å². The number of amides is 1. The highest BCUT2D eigenvalue weighted by Crippen LogP contribution is 2.38. The maximum absolute atomic E-state index is 13.7. The van der Waals surface area contributed by atoms with Gasteiger partial charge in [-0.2, -0.15) is 0 Å². The topological polar surface area (TPSA) is 81.8 Å². The van der Waals surface area contributed by atoms with Gasteiger partial charge in [0.15, 0.2) is 0 Å². The van der Waals surface area contributed by atoms with Gasteiger partial charge in [-0.15, -0.1) is 0 Å². The minimum absolute atomic E-state index is 0.325. The Morgan fingerprint density at radius 3 is 2.29 bits per heavy atom. The fraction of sp³-hybridized carbons (Fsp3) is 0.192. The Hall–Kier alpha value is -3.69. The van der Waals surface area contributed by atoms with Crippen molar-refractivity contribution in [3.05, 3.63) is 89.7 Å². The highest BCUT2D eigenvalue weighted by molar-refractivity contribution is 7.92. The quantitative estimate of drug-likeness (QED) is 0.461. The summed E-state index contributed by atoms with van der Waals surface area (Å²) in [5.74, 6) is -0.764. The van der Waals surface area contributed by atoms with Crippen LogP contribution in [0.1, 0.15) is 11.1 Å². The Labute approximate surface area is 204 Å². The monoisotopic (exact) mass is 494 g/mol. The lowest BCUT2D eigenvalue weighted by molar-refractivity contribution is -0.110. The summed E-state index contributed by atoms with van der Waals surface area (Å²) in [5, 5.41) is 6.06. The van der Waals surface area contributed by atoms with Crippen LogP contribution in [-0.4, -0.2) is 52.7 Å². The average Bonchev–Trinajstić information content (AvgIpc) is 3.12. The third kappa shape index (κ3) is 5.52. The molecule has 0 aliphatic carbocycles. The SMILES string of the molecule is CN(C)CCN(c1ccc(NC(=C2C(=O)Nc3cc(F)ccc32)c2ccccc2)cc1)S(C)(=O)=O. The fourth-order valence-corrected chi connectivity index (χ4v) is 4.83. The minimum Gasteiger partial charge on any atom is -0.354 e. The molecule has 0 fully saturated rings. The van der Waals surface area contributed by atoms with E-state index >= 15 is 0 Å². The molecule has 3 aromatic carbocycles. The number of sulfonamides is 1. The smallest absolute Gasteiger partial charge is 0.258 e. The number of halogens is 1. The molecule has 3 aromatic rings. The lowest BCUT2D eigenvalue weighted by Gasteiger charge is -2.24. The molecule has 4 rings (SSSR count). The van der Waals surface area contributed by atoms with Crippen molar-refractivity contribution in [2.24, 2.45) is 0 Å². The van der Waals surface area contributed by atoms with Gasteiger partial charge >= 0.3 is 0 Å². The molecule has 0 spiro atoms. The van der Waals surface area contributed by atoms with E-state index in [1.807, 2.05) is 49.3 Å². The number of carbonyl (C=O) groups is 1. The first-order valence-corrected chi connectivity index (χ1v) is 12.9. The second kappa shape index (κ2) is 9.89. The number of hydrogen-bond acceptors (Lipinski definition) is 5. The summed E-state index contributed by atoms with van der Waals surface area (Å²) >= 11 is 0. The number of anilines is 3. The largest absolute Gasteiger partial charge is 0.354 e. The number of fused-ring (bicyclic) bond motifs is 1. The minimum atomic E-state index is -3.46. The number of nitrogens with zero attached hydrogens (tertiary/aromatic N) is 2. The van der Waals surface area contributed by atoms with Crippen LogP contribution in [0.3, 0.4) is 0 Å². The molecule has 7 nitrogen and oxygen atoms in total. The summed E-state index contributed by atoms with van der Waals surface area (Å²) in [6.45, 7) is 0.901. The van der Waals surface area contributed by atoms with Crippen molar-refractivity contribution >= 4 is 44.3 Å². The van der Waals surface area contributed by atoms with Crippen LogP contribution in [0.15, 0.2) is 72.8 Å². The highest BCUT2D eigenvalue weighted by Gasteiger charge is 2.29. The second-order valence-corrected chi connectivity index (χ2v) is 10.5. The molecule has 0 radical (unpaired) electrons. The Morgan fingerprint density at radius 2 is 1.66 bits per heavy atom. The van der Waals surface area contributed by atoms with Crippen molar-refractivity contribution < 1.29 is 17.6 Å². The first-order chi connectivity index (χ1) is 16.6. The van der Waals surface area contributed by atoms with Gasteiger partial charge in [-0.3, -0.25) is 9.10 Å². The van der Waals surface area contributed by atoms with Crippen molar-refractivity contribution in [3.8, 4) is 0 Å². The van der Waals surface area contributed by atoms with Crippen LogP contribution < -0.4 is 14.9 Å². The van der Waals surface area contributed by atoms with Gasteiger partial charge in [0.1, 0.15) is 5.82 Å². The Morgan fingerprint density at radius 1 is 0.971 bits per heavy atom. The van der Waals surface area contributed by atoms with Crippen LogP contribution in [0.2, 0.25) is 0 Å². The van der Waals surface area contributed by atoms with E-state index in [4.69, 9.17) is 0 Å². The Bertz CT molecular complexity index is 1370. The maximum atomic E-state index is 13.7. The van der Waals surface area contributed by atoms with Crippen LogP contribution in [0, 0.1) is 5.82 Å². The van der Waals surface area contributed by atoms with E-state index in [1.165, 1.54) is 22.7 Å². The van der Waals surface area contributed by atoms with Gasteiger partial charge in [0.2, 0.25) is 10.0 Å². The predicted molar refractivity (Wildman–Crippen MR) is 139 cm³/mol. The zero-order valence-electron chi connectivity index (χ0n) is 19.7. The van der Waals surface area contributed by atoms with Crippen LogP contribution in [-0.2, 0) is 14.8 Å². The summed E-state index contributed by atoms with van der Waals surface area (Å²) < 4.78 is 39.8. The Balaban J connectivity index is 1.72. The third-order valence-corrected chi connectivity index (χ3v) is 6.81. The van der Waals surface area contributed by atoms with Crippen LogP contribution in [0.4, 0.5) is 21.5 Å². The molecule has 35 heavy (non-hydrogen) atoms. The highest BCUT2D eigenvalue weighted by atomic mass is 32.2. The number of likely N-dealkylation sites (N-methyl/N-ethyl adjacent to an activating group) is 1. The number of carbonyl (C=O) groups excluding carboxylic acids is 1. The fourth-order valence-electron chi connectivity index (χ4n) is 3.91. The van der Waals surface area contributed by atoms with Gasteiger partial charge in [0.25, 0.3) is 5.91 Å². The number of benzene rings is 3. The molecule has 0 saturated heterocycles. The molecule has 182 valence electrons. The van der Waals surface area contributed by atoms with Gasteiger partial charge in [-0.25, -0.2) is 12.8 Å². The van der Waals surface area contributed by atoms with Crippen molar-refractivity contribution in [1.82, 2.24) is 4.90 Å². The molecule has 0 saturated carbocycles. The van der Waals surface area contributed by atoms with E-state index in [-0.39, 0.29) is 5.91 Å². The maximum Gasteiger partial charge on any atom is 0.258 e. The normalized spacial score (nSPS) is 14.5. The van der Waals surface area contributed by atoms with E-state index in [2.05, 4.69) is 10.6 Å². The summed E-state index contributed by atoms with van der Waals surface area (Å²) in [6.07, 6.45) is 1.19. The van der Waals surface area contributed by atoms with E-state index in [0.29, 0.717) is 47.0 Å². The van der Waals surface area contributed by atoms with Gasteiger partial charge < -0.3 is 15.5 Å². The molecule has 0 bridgehead atoms. The van der Waals surface area contributed by atoms with Gasteiger partial charge in [-0.1, -0.05) is 30.3 Å². The summed E-state index contributed by atoms with van der Waals surface area (Å²) in [4.78, 5) is 14.8. The predicted octanol–water partition coefficient (Wildman–Crippen LogP) is 4.09. The molecule has 1 aliphatic rings. The summed E-state index contributed by atoms with van der Waals surface area (Å²) in [6, 6.07) is 20.6. The van der Waals surface area contributed by atoms with E-state index < -0.39 is 15.8 Å². The second-order valence-electron chi connectivity index (χ2n) is 8.57.